The molecule has 250 valence electrons. The zero-order valence-electron chi connectivity index (χ0n) is 24.1. The second-order valence-electron chi connectivity index (χ2n) is 11.2. The van der Waals surface area contributed by atoms with Crippen LogP contribution < -0.4 is 16.0 Å². The normalized spacial score (nSPS) is 23.1. The van der Waals surface area contributed by atoms with Gasteiger partial charge in [-0.1, -0.05) is 29.8 Å². The lowest BCUT2D eigenvalue weighted by Gasteiger charge is -2.49. The third kappa shape index (κ3) is 7.93. The summed E-state index contributed by atoms with van der Waals surface area (Å²) in [7, 11) is -3.00. The number of rotatable bonds is 9. The number of nitrogens with zero attached hydrogens (tertiary/aromatic N) is 2. The van der Waals surface area contributed by atoms with Crippen molar-refractivity contribution in [2.45, 2.75) is 55.9 Å². The predicted molar refractivity (Wildman–Crippen MR) is 168 cm³/mol. The first-order chi connectivity index (χ1) is 21.7. The van der Waals surface area contributed by atoms with Gasteiger partial charge in [0, 0.05) is 46.8 Å². The topological polar surface area (TPSA) is 147 Å². The third-order valence-electron chi connectivity index (χ3n) is 8.11. The van der Waals surface area contributed by atoms with Gasteiger partial charge in [0.2, 0.25) is 5.91 Å². The molecule has 1 aromatic heterocycles. The van der Waals surface area contributed by atoms with Gasteiger partial charge in [-0.3, -0.25) is 13.9 Å². The van der Waals surface area contributed by atoms with Crippen molar-refractivity contribution in [2.75, 3.05) is 24.2 Å². The number of benzene rings is 2. The van der Waals surface area contributed by atoms with Gasteiger partial charge in [0.25, 0.3) is 0 Å². The summed E-state index contributed by atoms with van der Waals surface area (Å²) >= 11 is 6.32. The van der Waals surface area contributed by atoms with E-state index in [0.717, 1.165) is 11.8 Å². The van der Waals surface area contributed by atoms with Gasteiger partial charge in [0.1, 0.15) is 11.9 Å². The number of piperazine rings is 1. The van der Waals surface area contributed by atoms with Crippen LogP contribution in [0.5, 0.6) is 0 Å². The van der Waals surface area contributed by atoms with Gasteiger partial charge in [0.05, 0.1) is 17.4 Å². The van der Waals surface area contributed by atoms with E-state index in [1.807, 2.05) is 0 Å². The molecular weight excluding hydrogens is 674 g/mol. The monoisotopic (exact) mass is 705 g/mol. The first kappa shape index (κ1) is 34.3. The fourth-order valence-electron chi connectivity index (χ4n) is 5.92. The molecule has 3 heterocycles. The van der Waals surface area contributed by atoms with Gasteiger partial charge in [-0.05, 0) is 55.5 Å². The minimum atomic E-state index is -4.77. The smallest absolute Gasteiger partial charge is 0.443 e. The molecule has 0 radical (unpaired) electrons. The van der Waals surface area contributed by atoms with Crippen molar-refractivity contribution in [3.05, 3.63) is 80.5 Å². The molecule has 2 aliphatic rings. The summed E-state index contributed by atoms with van der Waals surface area (Å²) in [4.78, 5) is 29.4. The summed E-state index contributed by atoms with van der Waals surface area (Å²) in [5.74, 6) is -2.67. The molecule has 2 saturated heterocycles. The minimum absolute atomic E-state index is 0.0374. The first-order valence-corrected chi connectivity index (χ1v) is 17.3. The fourth-order valence-corrected chi connectivity index (χ4v) is 8.64. The van der Waals surface area contributed by atoms with Crippen molar-refractivity contribution in [3.8, 4) is 0 Å². The van der Waals surface area contributed by atoms with Crippen LogP contribution in [-0.2, 0) is 17.4 Å². The second kappa shape index (κ2) is 14.0. The molecule has 0 spiro atoms. The molecule has 0 saturated carbocycles. The van der Waals surface area contributed by atoms with E-state index in [1.54, 1.807) is 4.31 Å². The molecule has 17 heteroatoms. The SMILES string of the molecule is O=C(O)N[C@H](C(=O)Nc1cccc(F)c1CC[C@H]1CN[C@@H]2CCCS(O)(O)N1C2)[C@@H](c1ccc(Cl)cc1)c1csc(C(F)(F)F)n1. The van der Waals surface area contributed by atoms with Crippen LogP contribution in [0.25, 0.3) is 0 Å². The summed E-state index contributed by atoms with van der Waals surface area (Å²) < 4.78 is 78.9. The summed E-state index contributed by atoms with van der Waals surface area (Å²) in [5, 5.41) is 18.0. The molecule has 0 aliphatic carbocycles. The number of fused-ring (bicyclic) bond motifs is 2. The Morgan fingerprint density at radius 1 is 1.20 bits per heavy atom. The molecule has 2 aromatic carbocycles. The third-order valence-corrected chi connectivity index (χ3v) is 11.3. The average molecular weight is 706 g/mol. The van der Waals surface area contributed by atoms with E-state index in [-0.39, 0.29) is 46.8 Å². The van der Waals surface area contributed by atoms with Crippen molar-refractivity contribution < 1.29 is 41.4 Å². The Balaban J connectivity index is 1.43. The van der Waals surface area contributed by atoms with E-state index < -0.39 is 51.7 Å². The van der Waals surface area contributed by atoms with Crippen molar-refractivity contribution in [1.82, 2.24) is 19.9 Å². The van der Waals surface area contributed by atoms with Gasteiger partial charge < -0.3 is 21.1 Å². The number of hydrogen-bond donors (Lipinski definition) is 6. The number of aromatic nitrogens is 1. The lowest BCUT2D eigenvalue weighted by molar-refractivity contribution is -0.137. The Morgan fingerprint density at radius 2 is 1.93 bits per heavy atom. The zero-order chi connectivity index (χ0) is 33.2. The molecular formula is C29H32ClF4N5O5S2. The molecule has 2 fully saturated rings. The van der Waals surface area contributed by atoms with E-state index in [1.165, 1.54) is 42.5 Å². The molecule has 5 rings (SSSR count). The number of carbonyl (C=O) groups excluding carboxylic acids is 1. The van der Waals surface area contributed by atoms with Crippen molar-refractivity contribution in [1.29, 1.82) is 0 Å². The van der Waals surface area contributed by atoms with E-state index in [4.69, 9.17) is 11.6 Å². The summed E-state index contributed by atoms with van der Waals surface area (Å²) in [6.07, 6.45) is -4.52. The summed E-state index contributed by atoms with van der Waals surface area (Å²) in [6, 6.07) is 7.89. The van der Waals surface area contributed by atoms with Crippen molar-refractivity contribution in [2.24, 2.45) is 0 Å². The number of halogens is 5. The molecule has 6 N–H and O–H groups in total. The summed E-state index contributed by atoms with van der Waals surface area (Å²) in [5.41, 5.74) is 0.203. The highest BCUT2D eigenvalue weighted by atomic mass is 35.5. The van der Waals surface area contributed by atoms with Crippen molar-refractivity contribution in [3.63, 3.8) is 0 Å². The van der Waals surface area contributed by atoms with Gasteiger partial charge in [-0.15, -0.1) is 22.1 Å². The van der Waals surface area contributed by atoms with Crippen LogP contribution in [0, 0.1) is 5.82 Å². The molecule has 10 nitrogen and oxygen atoms in total. The van der Waals surface area contributed by atoms with Gasteiger partial charge in [-0.2, -0.15) is 13.2 Å². The largest absolute Gasteiger partial charge is 0.465 e. The highest BCUT2D eigenvalue weighted by Gasteiger charge is 2.40. The molecule has 5 atom stereocenters. The van der Waals surface area contributed by atoms with Crippen LogP contribution in [-0.4, -0.2) is 72.5 Å². The van der Waals surface area contributed by atoms with Crippen LogP contribution in [0.15, 0.2) is 47.8 Å². The number of thiazole rings is 1. The first-order valence-electron chi connectivity index (χ1n) is 14.3. The second-order valence-corrected chi connectivity index (χ2v) is 14.6. The molecule has 46 heavy (non-hydrogen) atoms. The number of carboxylic acid groups (broad SMARTS) is 1. The maximum absolute atomic E-state index is 15.3. The Hall–Kier alpha value is -2.99. The number of hydrogen-bond acceptors (Lipinski definition) is 8. The quantitative estimate of drug-likeness (QED) is 0.140. The molecule has 2 bridgehead atoms. The molecule has 2 aliphatic heterocycles. The van der Waals surface area contributed by atoms with Gasteiger partial charge >= 0.3 is 12.3 Å². The van der Waals surface area contributed by atoms with Crippen molar-refractivity contribution >= 4 is 51.4 Å². The Bertz CT molecular complexity index is 1560. The lowest BCUT2D eigenvalue weighted by atomic mass is 9.88. The standard InChI is InChI=1S/C29H32ClF4N5O5S2/c30-17-8-6-16(7-9-17)24(23-15-45-27(37-23)29(32,33)34)25(38-28(41)42)26(40)36-22-5-1-4-21(31)20(22)11-10-19-13-35-18-3-2-12-46(43,44)39(19)14-18/h1,4-9,15,18-19,24-25,35,38,43-44H,2-3,10-14H2,(H,36,40)(H,41,42)/t18-,19+,24+,25+/m1/s1. The molecule has 1 unspecified atom stereocenters. The maximum Gasteiger partial charge on any atom is 0.443 e. The minimum Gasteiger partial charge on any atom is -0.465 e. The number of carbonyl (C=O) groups is 2. The Kier molecular flexibility index (Phi) is 10.5. The number of amides is 2. The number of anilines is 1. The number of alkyl halides is 3. The average Bonchev–Trinajstić information content (AvgIpc) is 3.44. The Morgan fingerprint density at radius 3 is 2.61 bits per heavy atom. The highest BCUT2D eigenvalue weighted by molar-refractivity contribution is 8.22. The van der Waals surface area contributed by atoms with E-state index in [2.05, 4.69) is 20.9 Å². The van der Waals surface area contributed by atoms with E-state index in [9.17, 15) is 37.0 Å². The Labute approximate surface area is 272 Å². The van der Waals surface area contributed by atoms with E-state index >= 15 is 4.39 Å². The molecule has 2 amide bonds. The van der Waals surface area contributed by atoms with Crippen LogP contribution in [0.1, 0.15) is 47.0 Å². The van der Waals surface area contributed by atoms with Crippen LogP contribution in [0.2, 0.25) is 5.02 Å². The van der Waals surface area contributed by atoms with E-state index in [0.29, 0.717) is 42.3 Å². The van der Waals surface area contributed by atoms with Crippen LogP contribution >= 0.6 is 33.7 Å². The predicted octanol–water partition coefficient (Wildman–Crippen LogP) is 6.40. The molecule has 3 aromatic rings. The zero-order valence-corrected chi connectivity index (χ0v) is 26.5. The van der Waals surface area contributed by atoms with Gasteiger partial charge in [0.15, 0.2) is 5.01 Å². The summed E-state index contributed by atoms with van der Waals surface area (Å²) in [6.45, 7) is 0.896. The maximum atomic E-state index is 15.3. The van der Waals surface area contributed by atoms with Crippen LogP contribution in [0.4, 0.5) is 28.0 Å². The highest BCUT2D eigenvalue weighted by Crippen LogP contribution is 2.49. The fraction of sp³-hybridized carbons (Fsp3) is 0.414. The van der Waals surface area contributed by atoms with Crippen LogP contribution in [0.3, 0.4) is 0 Å². The number of nitrogens with one attached hydrogen (secondary N) is 3. The lowest BCUT2D eigenvalue weighted by Crippen LogP contribution is -2.55. The van der Waals surface area contributed by atoms with Gasteiger partial charge in [-0.25, -0.2) is 18.5 Å².